The standard InChI is InChI=1S/C34H41F2N3O12/c1-15(2)26(34(49)50)39(38-30(43)18-11-19(32(45)46)13-20(12-18)33(47)48)31(44)25(29(42)27(40)17-4-6-23(51-3)7-5-17)28(41)24(37)10-16-8-21(35)14-22(36)9-16/h4-9,14-15,18-20,24-28,40-41H,10-13,37H2,1-3H3,(H,38,43)(H,45,46)(H,47,48)(H,49,50)/t18?,19-,20+,24-,25?,26-,27?,28+/m0/s1. The Morgan fingerprint density at radius 1 is 0.882 bits per heavy atom. The smallest absolute Gasteiger partial charge is 0.328 e. The highest BCUT2D eigenvalue weighted by Crippen LogP contribution is 2.35. The van der Waals surface area contributed by atoms with Crippen molar-refractivity contribution in [2.75, 3.05) is 7.11 Å². The first-order chi connectivity index (χ1) is 23.9. The zero-order valence-corrected chi connectivity index (χ0v) is 27.9. The average Bonchev–Trinajstić information content (AvgIpc) is 3.06. The molecule has 3 unspecified atom stereocenters. The molecule has 0 aliphatic heterocycles. The maximum absolute atomic E-state index is 14.4. The Hall–Kier alpha value is -5.00. The fraction of sp³-hybridized carbons (Fsp3) is 0.471. The van der Waals surface area contributed by atoms with Crippen LogP contribution >= 0.6 is 0 Å². The Balaban J connectivity index is 2.10. The van der Waals surface area contributed by atoms with E-state index < -0.39 is 107 Å². The molecule has 2 amide bonds. The topological polar surface area (TPSA) is 254 Å². The van der Waals surface area contributed by atoms with Crippen LogP contribution in [0.25, 0.3) is 0 Å². The van der Waals surface area contributed by atoms with Crippen LogP contribution in [-0.4, -0.2) is 91.3 Å². The minimum absolute atomic E-state index is 0.0811. The summed E-state index contributed by atoms with van der Waals surface area (Å²) in [6.45, 7) is 2.72. The lowest BCUT2D eigenvalue weighted by Gasteiger charge is -2.38. The summed E-state index contributed by atoms with van der Waals surface area (Å²) < 4.78 is 32.9. The molecule has 3 rings (SSSR count). The number of aliphatic hydroxyl groups is 2. The number of carbonyl (C=O) groups excluding carboxylic acids is 3. The molecule has 0 heterocycles. The zero-order valence-electron chi connectivity index (χ0n) is 27.9. The fourth-order valence-electron chi connectivity index (χ4n) is 6.18. The summed E-state index contributed by atoms with van der Waals surface area (Å²) in [5.74, 6) is -17.4. The lowest BCUT2D eigenvalue weighted by molar-refractivity contribution is -0.167. The Labute approximate surface area is 291 Å². The predicted molar refractivity (Wildman–Crippen MR) is 171 cm³/mol. The molecule has 0 aromatic heterocycles. The number of nitrogens with zero attached hydrogens (tertiary/aromatic N) is 1. The first-order valence-corrected chi connectivity index (χ1v) is 15.9. The van der Waals surface area contributed by atoms with Crippen LogP contribution in [0.4, 0.5) is 8.78 Å². The van der Waals surface area contributed by atoms with E-state index in [9.17, 15) is 63.1 Å². The van der Waals surface area contributed by atoms with Gasteiger partial charge in [0.05, 0.1) is 25.0 Å². The summed E-state index contributed by atoms with van der Waals surface area (Å²) in [4.78, 5) is 78.1. The van der Waals surface area contributed by atoms with E-state index in [0.717, 1.165) is 12.1 Å². The van der Waals surface area contributed by atoms with Gasteiger partial charge in [-0.3, -0.25) is 29.4 Å². The predicted octanol–water partition coefficient (Wildman–Crippen LogP) is 1.29. The van der Waals surface area contributed by atoms with Gasteiger partial charge in [-0.15, -0.1) is 0 Å². The molecule has 8 N–H and O–H groups in total. The Bertz CT molecular complexity index is 1580. The van der Waals surface area contributed by atoms with Crippen LogP contribution < -0.4 is 15.9 Å². The van der Waals surface area contributed by atoms with Crippen LogP contribution in [0.15, 0.2) is 42.5 Å². The molecule has 1 aliphatic carbocycles. The normalized spacial score (nSPS) is 20.3. The van der Waals surface area contributed by atoms with Crippen LogP contribution in [0, 0.1) is 41.2 Å². The maximum atomic E-state index is 14.4. The van der Waals surface area contributed by atoms with Crippen LogP contribution in [0.3, 0.4) is 0 Å². The summed E-state index contributed by atoms with van der Waals surface area (Å²) in [6, 6.07) is 4.12. The highest BCUT2D eigenvalue weighted by molar-refractivity contribution is 6.05. The Morgan fingerprint density at radius 3 is 1.84 bits per heavy atom. The number of amides is 2. The molecular formula is C34H41F2N3O12. The minimum Gasteiger partial charge on any atom is -0.497 e. The molecule has 0 saturated heterocycles. The van der Waals surface area contributed by atoms with Gasteiger partial charge < -0.3 is 36.0 Å². The van der Waals surface area contributed by atoms with Gasteiger partial charge in [0.25, 0.3) is 5.91 Å². The number of halogens is 2. The van der Waals surface area contributed by atoms with E-state index in [1.54, 1.807) is 0 Å². The van der Waals surface area contributed by atoms with Crippen molar-refractivity contribution in [2.45, 2.75) is 63.8 Å². The molecule has 0 bridgehead atoms. The van der Waals surface area contributed by atoms with E-state index >= 15 is 0 Å². The minimum atomic E-state index is -2.40. The summed E-state index contributed by atoms with van der Waals surface area (Å²) in [5.41, 5.74) is 8.14. The second kappa shape index (κ2) is 17.3. The third-order valence-corrected chi connectivity index (χ3v) is 8.85. The van der Waals surface area contributed by atoms with E-state index in [1.165, 1.54) is 45.2 Å². The van der Waals surface area contributed by atoms with Gasteiger partial charge >= 0.3 is 17.9 Å². The second-order valence-corrected chi connectivity index (χ2v) is 12.9. The number of nitrogens with one attached hydrogen (secondary N) is 1. The molecule has 8 atom stereocenters. The highest BCUT2D eigenvalue weighted by Gasteiger charge is 2.47. The van der Waals surface area contributed by atoms with E-state index in [4.69, 9.17) is 10.5 Å². The molecule has 1 aliphatic rings. The maximum Gasteiger partial charge on any atom is 0.328 e. The number of ether oxygens (including phenoxy) is 1. The summed E-state index contributed by atoms with van der Waals surface area (Å²) >= 11 is 0. The van der Waals surface area contributed by atoms with Crippen LogP contribution in [0.1, 0.15) is 50.3 Å². The van der Waals surface area contributed by atoms with Crippen molar-refractivity contribution in [3.05, 3.63) is 65.2 Å². The molecule has 1 fully saturated rings. The summed E-state index contributed by atoms with van der Waals surface area (Å²) in [5, 5.41) is 52.2. The van der Waals surface area contributed by atoms with Crippen molar-refractivity contribution in [1.82, 2.24) is 10.4 Å². The second-order valence-electron chi connectivity index (χ2n) is 12.9. The number of hydrogen-bond acceptors (Lipinski definition) is 10. The molecule has 1 saturated carbocycles. The van der Waals surface area contributed by atoms with E-state index in [2.05, 4.69) is 5.43 Å². The highest BCUT2D eigenvalue weighted by atomic mass is 19.1. The number of rotatable bonds is 15. The monoisotopic (exact) mass is 721 g/mol. The number of nitrogens with two attached hydrogens (primary N) is 1. The first-order valence-electron chi connectivity index (χ1n) is 15.9. The molecule has 15 nitrogen and oxygen atoms in total. The van der Waals surface area contributed by atoms with Gasteiger partial charge in [0.2, 0.25) is 5.91 Å². The van der Waals surface area contributed by atoms with Gasteiger partial charge in [0.1, 0.15) is 29.4 Å². The molecule has 2 aromatic carbocycles. The van der Waals surface area contributed by atoms with E-state index in [-0.39, 0.29) is 35.4 Å². The lowest BCUT2D eigenvalue weighted by Crippen LogP contribution is -2.63. The average molecular weight is 722 g/mol. The number of carbonyl (C=O) groups is 6. The zero-order chi connectivity index (χ0) is 38.3. The van der Waals surface area contributed by atoms with Gasteiger partial charge in [-0.1, -0.05) is 26.0 Å². The largest absolute Gasteiger partial charge is 0.497 e. The lowest BCUT2D eigenvalue weighted by atomic mass is 9.75. The first kappa shape index (κ1) is 40.4. The number of hydrogen-bond donors (Lipinski definition) is 7. The van der Waals surface area contributed by atoms with Gasteiger partial charge in [0, 0.05) is 18.0 Å². The van der Waals surface area contributed by atoms with Crippen molar-refractivity contribution in [2.24, 2.45) is 35.3 Å². The summed E-state index contributed by atoms with van der Waals surface area (Å²) in [7, 11) is 1.36. The van der Waals surface area contributed by atoms with Crippen molar-refractivity contribution in [3.8, 4) is 5.75 Å². The molecule has 2 aromatic rings. The van der Waals surface area contributed by atoms with Crippen molar-refractivity contribution >= 4 is 35.5 Å². The number of aliphatic hydroxyl groups excluding tert-OH is 2. The molecule has 0 spiro atoms. The number of Topliss-reactive ketones (excluding diaryl/α,β-unsaturated/α-hetero) is 1. The molecule has 0 radical (unpaired) electrons. The molecule has 278 valence electrons. The quantitative estimate of drug-likeness (QED) is 0.101. The SMILES string of the molecule is COc1ccc(C(O)C(=O)C(C(=O)N(NC(=O)C2C[C@@H](C(=O)O)C[C@@H](C(=O)O)C2)[C@H](C(=O)O)C(C)C)[C@H](O)[C@@H](N)Cc2cc(F)cc(F)c2)cc1. The van der Waals surface area contributed by atoms with Crippen molar-refractivity contribution in [3.63, 3.8) is 0 Å². The van der Waals surface area contributed by atoms with Crippen molar-refractivity contribution < 1.29 is 67.8 Å². The number of carboxylic acids is 3. The van der Waals surface area contributed by atoms with E-state index in [0.29, 0.717) is 11.8 Å². The van der Waals surface area contributed by atoms with Gasteiger partial charge in [0.15, 0.2) is 11.8 Å². The van der Waals surface area contributed by atoms with Crippen LogP contribution in [0.2, 0.25) is 0 Å². The summed E-state index contributed by atoms with van der Waals surface area (Å²) in [6.07, 6.45) is -5.90. The van der Waals surface area contributed by atoms with Crippen LogP contribution in [-0.2, 0) is 35.2 Å². The molecule has 51 heavy (non-hydrogen) atoms. The third-order valence-electron chi connectivity index (χ3n) is 8.85. The number of carboxylic acid groups (broad SMARTS) is 3. The number of hydrazine groups is 1. The van der Waals surface area contributed by atoms with Gasteiger partial charge in [-0.25, -0.2) is 18.6 Å². The Morgan fingerprint density at radius 2 is 1.39 bits per heavy atom. The third kappa shape index (κ3) is 10.0. The fourth-order valence-corrected chi connectivity index (χ4v) is 6.18. The number of ketones is 1. The molecule has 17 heteroatoms. The van der Waals surface area contributed by atoms with E-state index in [1.807, 2.05) is 0 Å². The van der Waals surface area contributed by atoms with Crippen molar-refractivity contribution in [1.29, 1.82) is 0 Å². The van der Waals surface area contributed by atoms with Gasteiger partial charge in [-0.05, 0) is 67.0 Å². The number of aliphatic carboxylic acids is 3. The number of benzene rings is 2. The number of methoxy groups -OCH3 is 1. The van der Waals surface area contributed by atoms with Crippen LogP contribution in [0.5, 0.6) is 5.75 Å². The van der Waals surface area contributed by atoms with Gasteiger partial charge in [-0.2, -0.15) is 0 Å². The molecular weight excluding hydrogens is 680 g/mol. The Kier molecular flexibility index (Phi) is 13.7.